The zero-order valence-corrected chi connectivity index (χ0v) is 12.5. The maximum atomic E-state index is 12.0. The molecule has 0 radical (unpaired) electrons. The van der Waals surface area contributed by atoms with Crippen LogP contribution in [0.4, 0.5) is 28.4 Å². The van der Waals surface area contributed by atoms with Gasteiger partial charge in [0.1, 0.15) is 6.54 Å². The lowest BCUT2D eigenvalue weighted by Crippen LogP contribution is -2.36. The van der Waals surface area contributed by atoms with E-state index < -0.39 is 18.8 Å². The molecule has 6 nitrogen and oxygen atoms in total. The van der Waals surface area contributed by atoms with Gasteiger partial charge in [-0.1, -0.05) is 23.9 Å². The van der Waals surface area contributed by atoms with Gasteiger partial charge in [0.15, 0.2) is 0 Å². The molecule has 124 valence electrons. The van der Waals surface area contributed by atoms with Crippen molar-refractivity contribution in [1.29, 1.82) is 0 Å². The van der Waals surface area contributed by atoms with Crippen molar-refractivity contribution in [2.45, 2.75) is 12.7 Å². The van der Waals surface area contributed by atoms with E-state index in [2.05, 4.69) is 5.32 Å². The fourth-order valence-electron chi connectivity index (χ4n) is 1.77. The van der Waals surface area contributed by atoms with E-state index in [0.717, 1.165) is 16.7 Å². The van der Waals surface area contributed by atoms with E-state index in [-0.39, 0.29) is 23.4 Å². The Labute approximate surface area is 133 Å². The summed E-state index contributed by atoms with van der Waals surface area (Å²) in [5.74, 6) is -0.147. The number of nitrogens with zero attached hydrogens (tertiary/aromatic N) is 1. The molecule has 0 atom stereocenters. The minimum atomic E-state index is -4.48. The van der Waals surface area contributed by atoms with Gasteiger partial charge in [-0.25, -0.2) is 4.79 Å². The van der Waals surface area contributed by atoms with Gasteiger partial charge in [0.25, 0.3) is 5.24 Å². The molecule has 1 aromatic carbocycles. The zero-order valence-electron chi connectivity index (χ0n) is 11.6. The zero-order chi connectivity index (χ0) is 17.0. The van der Waals surface area contributed by atoms with Crippen LogP contribution in [0.2, 0.25) is 0 Å². The number of carbonyl (C=O) groups excluding carboxylic acids is 3. The largest absolute Gasteiger partial charge is 0.405 e. The van der Waals surface area contributed by atoms with Crippen LogP contribution in [0.15, 0.2) is 24.3 Å². The molecule has 1 fully saturated rings. The number of urea groups is 1. The lowest BCUT2D eigenvalue weighted by Gasteiger charge is -2.13. The highest BCUT2D eigenvalue weighted by Crippen LogP contribution is 2.21. The number of amides is 4. The van der Waals surface area contributed by atoms with Gasteiger partial charge < -0.3 is 10.6 Å². The minimum Gasteiger partial charge on any atom is -0.329 e. The van der Waals surface area contributed by atoms with Crippen molar-refractivity contribution < 1.29 is 27.6 Å². The quantitative estimate of drug-likeness (QED) is 0.877. The molecule has 1 heterocycles. The molecule has 2 N–H and O–H groups in total. The number of hydrogen-bond acceptors (Lipinski definition) is 4. The molecule has 1 aliphatic rings. The Morgan fingerprint density at radius 1 is 1.22 bits per heavy atom. The van der Waals surface area contributed by atoms with E-state index in [0.29, 0.717) is 11.3 Å². The average Bonchev–Trinajstić information content (AvgIpc) is 2.78. The minimum absolute atomic E-state index is 0.116. The van der Waals surface area contributed by atoms with Crippen LogP contribution in [-0.2, 0) is 11.3 Å². The van der Waals surface area contributed by atoms with E-state index in [4.69, 9.17) is 0 Å². The third kappa shape index (κ3) is 5.16. The van der Waals surface area contributed by atoms with Gasteiger partial charge in [-0.15, -0.1) is 0 Å². The Morgan fingerprint density at radius 3 is 2.39 bits per heavy atom. The average molecular weight is 347 g/mol. The molecule has 0 aliphatic carbocycles. The predicted octanol–water partition coefficient (Wildman–Crippen LogP) is 2.57. The first kappa shape index (κ1) is 17.1. The maximum absolute atomic E-state index is 12.0. The Morgan fingerprint density at radius 2 is 1.87 bits per heavy atom. The number of hydrogen-bond donors (Lipinski definition) is 2. The van der Waals surface area contributed by atoms with Crippen molar-refractivity contribution in [2.75, 3.05) is 17.6 Å². The summed E-state index contributed by atoms with van der Waals surface area (Å²) in [5.41, 5.74) is 0.956. The smallest absolute Gasteiger partial charge is 0.329 e. The van der Waals surface area contributed by atoms with Gasteiger partial charge >= 0.3 is 12.2 Å². The van der Waals surface area contributed by atoms with Crippen LogP contribution >= 0.6 is 11.8 Å². The highest BCUT2D eigenvalue weighted by Gasteiger charge is 2.29. The van der Waals surface area contributed by atoms with Crippen molar-refractivity contribution >= 4 is 34.6 Å². The second kappa shape index (κ2) is 6.90. The molecule has 1 aromatic rings. The van der Waals surface area contributed by atoms with Crippen molar-refractivity contribution in [3.05, 3.63) is 29.8 Å². The number of halogens is 3. The summed E-state index contributed by atoms with van der Waals surface area (Å²) in [6.07, 6.45) is -4.48. The lowest BCUT2D eigenvalue weighted by atomic mass is 10.2. The number of nitrogens with one attached hydrogen (secondary N) is 2. The van der Waals surface area contributed by atoms with Crippen LogP contribution in [0.25, 0.3) is 0 Å². The fraction of sp³-hybridized carbons (Fsp3) is 0.308. The Hall–Kier alpha value is -2.23. The molecule has 1 aliphatic heterocycles. The standard InChI is InChI=1S/C13H12F3N3O3S/c14-13(15,16)7-17-11(21)18-9-3-1-8(2-4-9)5-19-10(20)6-23-12(19)22/h1-4H,5-7H2,(H2,17,18,21). The molecule has 4 amide bonds. The molecule has 10 heteroatoms. The van der Waals surface area contributed by atoms with Crippen LogP contribution in [0.3, 0.4) is 0 Å². The SMILES string of the molecule is O=C(NCC(F)(F)F)Nc1ccc(CN2C(=O)CSC2=O)cc1. The van der Waals surface area contributed by atoms with Crippen LogP contribution in [0.5, 0.6) is 0 Å². The van der Waals surface area contributed by atoms with Crippen LogP contribution in [0.1, 0.15) is 5.56 Å². The number of carbonyl (C=O) groups is 3. The Bertz CT molecular complexity index is 603. The van der Waals surface area contributed by atoms with Gasteiger partial charge in [0.05, 0.1) is 12.3 Å². The molecular formula is C13H12F3N3O3S. The Kier molecular flexibility index (Phi) is 5.14. The Balaban J connectivity index is 1.88. The van der Waals surface area contributed by atoms with Gasteiger partial charge in [-0.2, -0.15) is 13.2 Å². The number of anilines is 1. The highest BCUT2D eigenvalue weighted by molar-refractivity contribution is 8.14. The number of rotatable bonds is 4. The number of imide groups is 1. The first-order valence-electron chi connectivity index (χ1n) is 6.42. The van der Waals surface area contributed by atoms with Crippen LogP contribution in [-0.4, -0.2) is 40.6 Å². The summed E-state index contributed by atoms with van der Waals surface area (Å²) in [6, 6.07) is 5.11. The summed E-state index contributed by atoms with van der Waals surface area (Å²) in [5, 5.41) is 3.62. The van der Waals surface area contributed by atoms with E-state index >= 15 is 0 Å². The molecule has 0 bridgehead atoms. The monoisotopic (exact) mass is 347 g/mol. The van der Waals surface area contributed by atoms with E-state index in [1.165, 1.54) is 12.1 Å². The fourth-order valence-corrected chi connectivity index (χ4v) is 2.49. The van der Waals surface area contributed by atoms with Crippen molar-refractivity contribution in [2.24, 2.45) is 0 Å². The lowest BCUT2D eigenvalue weighted by molar-refractivity contribution is -0.125. The summed E-state index contributed by atoms with van der Waals surface area (Å²) in [6.45, 7) is -1.31. The molecule has 1 saturated heterocycles. The number of benzene rings is 1. The van der Waals surface area contributed by atoms with Gasteiger partial charge in [-0.3, -0.25) is 14.5 Å². The molecular weight excluding hydrogens is 335 g/mol. The van der Waals surface area contributed by atoms with E-state index in [9.17, 15) is 27.6 Å². The summed E-state index contributed by atoms with van der Waals surface area (Å²) in [7, 11) is 0. The molecule has 0 saturated carbocycles. The van der Waals surface area contributed by atoms with Crippen molar-refractivity contribution in [3.63, 3.8) is 0 Å². The normalized spacial score (nSPS) is 15.0. The van der Waals surface area contributed by atoms with Crippen LogP contribution < -0.4 is 10.6 Å². The molecule has 2 rings (SSSR count). The second-order valence-corrected chi connectivity index (χ2v) is 5.58. The highest BCUT2D eigenvalue weighted by atomic mass is 32.2. The molecule has 23 heavy (non-hydrogen) atoms. The topological polar surface area (TPSA) is 78.5 Å². The molecule has 0 aromatic heterocycles. The number of thioether (sulfide) groups is 1. The third-order valence-electron chi connectivity index (χ3n) is 2.84. The van der Waals surface area contributed by atoms with Crippen molar-refractivity contribution in [3.8, 4) is 0 Å². The number of alkyl halides is 3. The van der Waals surface area contributed by atoms with Gasteiger partial charge in [0, 0.05) is 5.69 Å². The summed E-state index contributed by atoms with van der Waals surface area (Å²) < 4.78 is 35.9. The van der Waals surface area contributed by atoms with E-state index in [1.54, 1.807) is 17.4 Å². The third-order valence-corrected chi connectivity index (χ3v) is 3.70. The molecule has 0 spiro atoms. The second-order valence-electron chi connectivity index (χ2n) is 4.65. The first-order chi connectivity index (χ1) is 10.7. The van der Waals surface area contributed by atoms with Gasteiger partial charge in [-0.05, 0) is 17.7 Å². The van der Waals surface area contributed by atoms with Crippen molar-refractivity contribution in [1.82, 2.24) is 10.2 Å². The maximum Gasteiger partial charge on any atom is 0.405 e. The molecule has 0 unspecified atom stereocenters. The van der Waals surface area contributed by atoms with Crippen LogP contribution in [0, 0.1) is 0 Å². The van der Waals surface area contributed by atoms with Gasteiger partial charge in [0.2, 0.25) is 5.91 Å². The first-order valence-corrected chi connectivity index (χ1v) is 7.41. The predicted molar refractivity (Wildman–Crippen MR) is 77.9 cm³/mol. The summed E-state index contributed by atoms with van der Waals surface area (Å²) in [4.78, 5) is 35.3. The van der Waals surface area contributed by atoms with E-state index in [1.807, 2.05) is 0 Å². The summed E-state index contributed by atoms with van der Waals surface area (Å²) >= 11 is 0.932.